The molecule has 0 radical (unpaired) electrons. The van der Waals surface area contributed by atoms with Gasteiger partial charge in [-0.25, -0.2) is 4.79 Å². The van der Waals surface area contributed by atoms with Crippen molar-refractivity contribution in [2.24, 2.45) is 5.92 Å². The summed E-state index contributed by atoms with van der Waals surface area (Å²) in [5.41, 5.74) is 0.633. The van der Waals surface area contributed by atoms with Crippen LogP contribution in [0.25, 0.3) is 0 Å². The van der Waals surface area contributed by atoms with E-state index in [1.807, 2.05) is 6.92 Å². The molecule has 2 aliphatic heterocycles. The molecule has 17 heavy (non-hydrogen) atoms. The van der Waals surface area contributed by atoms with Gasteiger partial charge in [-0.3, -0.25) is 4.90 Å². The van der Waals surface area contributed by atoms with Crippen molar-refractivity contribution in [1.82, 2.24) is 4.90 Å². The van der Waals surface area contributed by atoms with Crippen molar-refractivity contribution in [3.05, 3.63) is 11.6 Å². The van der Waals surface area contributed by atoms with Gasteiger partial charge in [0.1, 0.15) is 6.10 Å². The maximum atomic E-state index is 11.7. The minimum absolute atomic E-state index is 0.0890. The van der Waals surface area contributed by atoms with Gasteiger partial charge in [-0.2, -0.15) is 0 Å². The van der Waals surface area contributed by atoms with E-state index >= 15 is 0 Å². The van der Waals surface area contributed by atoms with E-state index in [9.17, 15) is 9.90 Å². The second kappa shape index (κ2) is 5.19. The van der Waals surface area contributed by atoms with Crippen molar-refractivity contribution in [2.75, 3.05) is 19.7 Å². The third kappa shape index (κ3) is 2.38. The first-order chi connectivity index (χ1) is 8.17. The Morgan fingerprint density at radius 2 is 2.35 bits per heavy atom. The second-order valence-corrected chi connectivity index (χ2v) is 4.97. The molecule has 2 rings (SSSR count). The highest BCUT2D eigenvalue weighted by Crippen LogP contribution is 2.34. The van der Waals surface area contributed by atoms with Crippen LogP contribution in [0.1, 0.15) is 26.7 Å². The number of esters is 1. The molecule has 1 N–H and O–H groups in total. The summed E-state index contributed by atoms with van der Waals surface area (Å²) in [5, 5.41) is 9.46. The van der Waals surface area contributed by atoms with Crippen LogP contribution in [-0.2, 0) is 9.53 Å². The summed E-state index contributed by atoms with van der Waals surface area (Å²) in [6.07, 6.45) is 3.91. The molecular weight excluding hydrogens is 218 g/mol. The van der Waals surface area contributed by atoms with Crippen LogP contribution in [0, 0.1) is 5.92 Å². The van der Waals surface area contributed by atoms with Crippen LogP contribution in [0.2, 0.25) is 0 Å². The van der Waals surface area contributed by atoms with Gasteiger partial charge in [0, 0.05) is 24.1 Å². The summed E-state index contributed by atoms with van der Waals surface area (Å²) >= 11 is 0. The zero-order valence-electron chi connectivity index (χ0n) is 10.6. The van der Waals surface area contributed by atoms with Gasteiger partial charge in [0.15, 0.2) is 0 Å². The molecule has 0 spiro atoms. The van der Waals surface area contributed by atoms with Crippen LogP contribution < -0.4 is 0 Å². The third-order valence-electron chi connectivity index (χ3n) is 4.02. The number of carbonyl (C=O) groups excluding carboxylic acids is 1. The molecule has 2 aliphatic rings. The van der Waals surface area contributed by atoms with E-state index in [-0.39, 0.29) is 24.6 Å². The largest absolute Gasteiger partial charge is 0.457 e. The van der Waals surface area contributed by atoms with E-state index in [0.29, 0.717) is 11.6 Å². The number of hydrogen-bond donors (Lipinski definition) is 1. The molecule has 0 aromatic rings. The molecule has 0 amide bonds. The maximum absolute atomic E-state index is 11.7. The lowest BCUT2D eigenvalue weighted by atomic mass is 9.97. The molecule has 2 saturated heterocycles. The molecule has 2 fully saturated rings. The molecular formula is C13H21NO3. The molecule has 96 valence electrons. The van der Waals surface area contributed by atoms with E-state index in [4.69, 9.17) is 4.74 Å². The number of nitrogens with zero attached hydrogens (tertiary/aromatic N) is 1. The average molecular weight is 239 g/mol. The zero-order chi connectivity index (χ0) is 12.4. The van der Waals surface area contributed by atoms with Crippen LogP contribution in [0.3, 0.4) is 0 Å². The minimum Gasteiger partial charge on any atom is -0.457 e. The number of ether oxygens (including phenoxy) is 1. The Labute approximate surface area is 102 Å². The van der Waals surface area contributed by atoms with Gasteiger partial charge in [0.05, 0.1) is 6.61 Å². The summed E-state index contributed by atoms with van der Waals surface area (Å²) in [6.45, 7) is 5.53. The molecule has 0 aromatic carbocycles. The predicted molar refractivity (Wildman–Crippen MR) is 64.5 cm³/mol. The number of hydrogen-bond acceptors (Lipinski definition) is 4. The number of allylic oxidation sites excluding steroid dienone is 1. The van der Waals surface area contributed by atoms with E-state index < -0.39 is 0 Å². The highest BCUT2D eigenvalue weighted by atomic mass is 16.5. The monoisotopic (exact) mass is 239 g/mol. The molecule has 0 unspecified atom stereocenters. The quantitative estimate of drug-likeness (QED) is 0.588. The Balaban J connectivity index is 2.00. The summed E-state index contributed by atoms with van der Waals surface area (Å²) in [6, 6.07) is 0.406. The van der Waals surface area contributed by atoms with E-state index in [0.717, 1.165) is 19.5 Å². The summed E-state index contributed by atoms with van der Waals surface area (Å²) in [7, 11) is 0. The van der Waals surface area contributed by atoms with Gasteiger partial charge in [0.2, 0.25) is 0 Å². The number of aliphatic hydroxyl groups is 1. The predicted octanol–water partition coefficient (Wildman–Crippen LogP) is 0.951. The third-order valence-corrected chi connectivity index (χ3v) is 4.02. The van der Waals surface area contributed by atoms with Crippen molar-refractivity contribution in [2.45, 2.75) is 38.8 Å². The molecule has 0 aromatic heterocycles. The molecule has 4 nitrogen and oxygen atoms in total. The van der Waals surface area contributed by atoms with Crippen molar-refractivity contribution in [3.63, 3.8) is 0 Å². The van der Waals surface area contributed by atoms with Gasteiger partial charge in [-0.05, 0) is 33.2 Å². The zero-order valence-corrected chi connectivity index (χ0v) is 10.6. The highest BCUT2D eigenvalue weighted by Gasteiger charge is 2.45. The fraction of sp³-hybridized carbons (Fsp3) is 0.769. The fourth-order valence-corrected chi connectivity index (χ4v) is 2.89. The van der Waals surface area contributed by atoms with Crippen molar-refractivity contribution in [1.29, 1.82) is 0 Å². The highest BCUT2D eigenvalue weighted by molar-refractivity contribution is 5.87. The molecule has 4 heteroatoms. The summed E-state index contributed by atoms with van der Waals surface area (Å²) in [5.74, 6) is -0.164. The lowest BCUT2D eigenvalue weighted by molar-refractivity contribution is -0.146. The lowest BCUT2D eigenvalue weighted by Gasteiger charge is -2.21. The van der Waals surface area contributed by atoms with E-state index in [1.54, 1.807) is 13.0 Å². The molecule has 0 bridgehead atoms. The fourth-order valence-electron chi connectivity index (χ4n) is 2.89. The Morgan fingerprint density at radius 3 is 3.00 bits per heavy atom. The number of rotatable bonds is 3. The number of aliphatic hydroxyl groups excluding tert-OH is 1. The first kappa shape index (κ1) is 12.6. The second-order valence-electron chi connectivity index (χ2n) is 4.97. The Hall–Kier alpha value is -0.870. The molecule has 0 saturated carbocycles. The smallest absolute Gasteiger partial charge is 0.333 e. The van der Waals surface area contributed by atoms with Crippen LogP contribution in [0.5, 0.6) is 0 Å². The van der Waals surface area contributed by atoms with E-state index in [1.165, 1.54) is 6.42 Å². The van der Waals surface area contributed by atoms with Crippen molar-refractivity contribution in [3.8, 4) is 0 Å². The van der Waals surface area contributed by atoms with Crippen molar-refractivity contribution < 1.29 is 14.6 Å². The Bertz CT molecular complexity index is 327. The minimum atomic E-state index is -0.253. The summed E-state index contributed by atoms with van der Waals surface area (Å²) in [4.78, 5) is 14.1. The van der Waals surface area contributed by atoms with Crippen LogP contribution in [-0.4, -0.2) is 47.8 Å². The van der Waals surface area contributed by atoms with Gasteiger partial charge < -0.3 is 9.84 Å². The van der Waals surface area contributed by atoms with Crippen LogP contribution >= 0.6 is 0 Å². The maximum Gasteiger partial charge on any atom is 0.333 e. The first-order valence-corrected chi connectivity index (χ1v) is 6.36. The Morgan fingerprint density at radius 1 is 1.59 bits per heavy atom. The molecule has 3 atom stereocenters. The molecule has 2 heterocycles. The van der Waals surface area contributed by atoms with Gasteiger partial charge >= 0.3 is 5.97 Å². The van der Waals surface area contributed by atoms with Gasteiger partial charge in [-0.15, -0.1) is 0 Å². The van der Waals surface area contributed by atoms with Crippen LogP contribution in [0.15, 0.2) is 11.6 Å². The normalized spacial score (nSPS) is 33.8. The molecule has 0 aliphatic carbocycles. The topological polar surface area (TPSA) is 49.8 Å². The number of fused-ring (bicyclic) bond motifs is 1. The van der Waals surface area contributed by atoms with E-state index in [2.05, 4.69) is 4.90 Å². The van der Waals surface area contributed by atoms with Gasteiger partial charge in [-0.1, -0.05) is 6.08 Å². The standard InChI is InChI=1S/C13H21NO3/c1-3-9(2)13(16)17-12-7-14-6-4-5-11(14)10(12)8-15/h3,10-12,15H,4-8H2,1-2H3/b9-3-/t10-,11-,12-/m0/s1. The first-order valence-electron chi connectivity index (χ1n) is 6.36. The van der Waals surface area contributed by atoms with Gasteiger partial charge in [0.25, 0.3) is 0 Å². The van der Waals surface area contributed by atoms with Crippen molar-refractivity contribution >= 4 is 5.97 Å². The number of carbonyl (C=O) groups is 1. The van der Waals surface area contributed by atoms with Crippen LogP contribution in [0.4, 0.5) is 0 Å². The Kier molecular flexibility index (Phi) is 3.84. The summed E-state index contributed by atoms with van der Waals surface area (Å²) < 4.78 is 5.50. The lowest BCUT2D eigenvalue weighted by Crippen LogP contribution is -2.31. The SMILES string of the molecule is C/C=C(/C)C(=O)O[C@H]1CN2CCC[C@H]2[C@@H]1CO. The average Bonchev–Trinajstić information content (AvgIpc) is 2.87.